The topological polar surface area (TPSA) is 76.1 Å². The number of amides is 1. The van der Waals surface area contributed by atoms with Gasteiger partial charge in [-0.2, -0.15) is 0 Å². The van der Waals surface area contributed by atoms with E-state index >= 15 is 0 Å². The average Bonchev–Trinajstić information content (AvgIpc) is 3.13. The van der Waals surface area contributed by atoms with E-state index in [1.807, 2.05) is 31.2 Å². The number of aryl methyl sites for hydroxylation is 1. The molecule has 1 aliphatic heterocycles. The standard InChI is InChI=1S/C29H28ClNO5/c1-17(2)16-36-22-11-9-21(10-12-22)31-26(19-7-5-6-18(3)14-19)25(28(33)29(31)34)27(32)20-8-13-23(30)24(15-20)35-4/h5-15,17,26,32H,16H2,1-4H3/b27-25-. The summed E-state index contributed by atoms with van der Waals surface area (Å²) in [5, 5.41) is 11.7. The lowest BCUT2D eigenvalue weighted by molar-refractivity contribution is -0.132. The molecule has 0 spiro atoms. The third-order valence-corrected chi connectivity index (χ3v) is 6.24. The van der Waals surface area contributed by atoms with Crippen molar-refractivity contribution in [1.29, 1.82) is 0 Å². The number of aliphatic hydroxyl groups excluding tert-OH is 1. The van der Waals surface area contributed by atoms with Gasteiger partial charge in [0.25, 0.3) is 11.7 Å². The number of ether oxygens (including phenoxy) is 2. The van der Waals surface area contributed by atoms with Crippen molar-refractivity contribution in [3.8, 4) is 11.5 Å². The van der Waals surface area contributed by atoms with Gasteiger partial charge in [-0.3, -0.25) is 14.5 Å². The Balaban J connectivity index is 1.84. The predicted octanol–water partition coefficient (Wildman–Crippen LogP) is 6.32. The van der Waals surface area contributed by atoms with Gasteiger partial charge in [0.1, 0.15) is 17.3 Å². The van der Waals surface area contributed by atoms with Gasteiger partial charge in [0.05, 0.1) is 30.4 Å². The van der Waals surface area contributed by atoms with Crippen molar-refractivity contribution in [2.75, 3.05) is 18.6 Å². The highest BCUT2D eigenvalue weighted by Gasteiger charge is 2.47. The first-order valence-corrected chi connectivity index (χ1v) is 12.0. The van der Waals surface area contributed by atoms with E-state index in [1.54, 1.807) is 42.5 Å². The van der Waals surface area contributed by atoms with Crippen LogP contribution in [0.3, 0.4) is 0 Å². The van der Waals surface area contributed by atoms with E-state index in [1.165, 1.54) is 12.0 Å². The Bertz CT molecular complexity index is 1330. The summed E-state index contributed by atoms with van der Waals surface area (Å²) >= 11 is 6.15. The molecule has 3 aromatic rings. The number of carbonyl (C=O) groups excluding carboxylic acids is 2. The van der Waals surface area contributed by atoms with Gasteiger partial charge in [-0.25, -0.2) is 0 Å². The van der Waals surface area contributed by atoms with Crippen molar-refractivity contribution >= 4 is 34.7 Å². The first-order valence-electron chi connectivity index (χ1n) is 11.7. The van der Waals surface area contributed by atoms with Gasteiger partial charge in [-0.05, 0) is 60.9 Å². The number of hydrogen-bond acceptors (Lipinski definition) is 5. The van der Waals surface area contributed by atoms with Crippen LogP contribution in [0.1, 0.15) is 36.6 Å². The van der Waals surface area contributed by atoms with Crippen molar-refractivity contribution in [2.24, 2.45) is 5.92 Å². The fourth-order valence-electron chi connectivity index (χ4n) is 4.18. The number of aliphatic hydroxyl groups is 1. The highest BCUT2D eigenvalue weighted by atomic mass is 35.5. The number of halogens is 1. The first-order chi connectivity index (χ1) is 17.2. The zero-order chi connectivity index (χ0) is 26.0. The summed E-state index contributed by atoms with van der Waals surface area (Å²) in [6.07, 6.45) is 0. The molecule has 1 amide bonds. The van der Waals surface area contributed by atoms with Crippen LogP contribution in [0.25, 0.3) is 5.76 Å². The van der Waals surface area contributed by atoms with Gasteiger partial charge in [0.2, 0.25) is 0 Å². The Hall–Kier alpha value is -3.77. The average molecular weight is 506 g/mol. The second-order valence-corrected chi connectivity index (χ2v) is 9.54. The molecule has 6 nitrogen and oxygen atoms in total. The second kappa shape index (κ2) is 10.5. The van der Waals surface area contributed by atoms with E-state index in [2.05, 4.69) is 13.8 Å². The SMILES string of the molecule is COc1cc(/C(O)=C2/C(=O)C(=O)N(c3ccc(OCC(C)C)cc3)C2c2cccc(C)c2)ccc1Cl. The van der Waals surface area contributed by atoms with Crippen LogP contribution in [0.2, 0.25) is 5.02 Å². The molecule has 1 atom stereocenters. The van der Waals surface area contributed by atoms with Crippen molar-refractivity contribution < 1.29 is 24.2 Å². The van der Waals surface area contributed by atoms with Crippen LogP contribution < -0.4 is 14.4 Å². The molecular formula is C29H28ClNO5. The lowest BCUT2D eigenvalue weighted by Gasteiger charge is -2.26. The smallest absolute Gasteiger partial charge is 0.300 e. The quantitative estimate of drug-likeness (QED) is 0.231. The lowest BCUT2D eigenvalue weighted by atomic mass is 9.94. The predicted molar refractivity (Wildman–Crippen MR) is 141 cm³/mol. The summed E-state index contributed by atoms with van der Waals surface area (Å²) in [6, 6.07) is 18.4. The van der Waals surface area contributed by atoms with E-state index in [0.29, 0.717) is 45.9 Å². The molecule has 7 heteroatoms. The van der Waals surface area contributed by atoms with Crippen LogP contribution in [0.4, 0.5) is 5.69 Å². The number of hydrogen-bond donors (Lipinski definition) is 1. The Labute approximate surface area is 215 Å². The molecule has 0 bridgehead atoms. The largest absolute Gasteiger partial charge is 0.507 e. The van der Waals surface area contributed by atoms with E-state index < -0.39 is 17.7 Å². The normalized spacial score (nSPS) is 17.1. The number of nitrogens with zero attached hydrogens (tertiary/aromatic N) is 1. The molecule has 0 aromatic heterocycles. The van der Waals surface area contributed by atoms with Crippen molar-refractivity contribution in [2.45, 2.75) is 26.8 Å². The highest BCUT2D eigenvalue weighted by molar-refractivity contribution is 6.51. The minimum atomic E-state index is -0.825. The van der Waals surface area contributed by atoms with Crippen LogP contribution >= 0.6 is 11.6 Å². The zero-order valence-corrected chi connectivity index (χ0v) is 21.4. The molecule has 1 unspecified atom stereocenters. The van der Waals surface area contributed by atoms with Gasteiger partial charge in [-0.1, -0.05) is 55.3 Å². The fraction of sp³-hybridized carbons (Fsp3) is 0.241. The van der Waals surface area contributed by atoms with Crippen LogP contribution in [-0.2, 0) is 9.59 Å². The summed E-state index contributed by atoms with van der Waals surface area (Å²) in [5.41, 5.74) is 2.51. The number of ketones is 1. The minimum absolute atomic E-state index is 0.00453. The summed E-state index contributed by atoms with van der Waals surface area (Å²) in [7, 11) is 1.46. The fourth-order valence-corrected chi connectivity index (χ4v) is 4.38. The van der Waals surface area contributed by atoms with Crippen molar-refractivity contribution in [3.05, 3.63) is 94.0 Å². The summed E-state index contributed by atoms with van der Waals surface area (Å²) < 4.78 is 11.0. The van der Waals surface area contributed by atoms with E-state index in [-0.39, 0.29) is 11.3 Å². The molecule has 4 rings (SSSR count). The van der Waals surface area contributed by atoms with Crippen molar-refractivity contribution in [1.82, 2.24) is 0 Å². The highest BCUT2D eigenvalue weighted by Crippen LogP contribution is 2.43. The molecule has 1 saturated heterocycles. The van der Waals surface area contributed by atoms with Gasteiger partial charge < -0.3 is 14.6 Å². The van der Waals surface area contributed by atoms with Crippen LogP contribution in [0, 0.1) is 12.8 Å². The molecule has 0 saturated carbocycles. The number of anilines is 1. The number of carbonyl (C=O) groups is 2. The summed E-state index contributed by atoms with van der Waals surface area (Å²) in [4.78, 5) is 28.1. The number of rotatable bonds is 7. The maximum absolute atomic E-state index is 13.4. The Morgan fingerprint density at radius 1 is 1.06 bits per heavy atom. The molecule has 186 valence electrons. The van der Waals surface area contributed by atoms with Crippen LogP contribution in [-0.4, -0.2) is 30.5 Å². The summed E-state index contributed by atoms with van der Waals surface area (Å²) in [6.45, 7) is 6.62. The molecule has 36 heavy (non-hydrogen) atoms. The van der Waals surface area contributed by atoms with E-state index in [4.69, 9.17) is 21.1 Å². The van der Waals surface area contributed by atoms with Gasteiger partial charge in [-0.15, -0.1) is 0 Å². The monoisotopic (exact) mass is 505 g/mol. The van der Waals surface area contributed by atoms with Crippen LogP contribution in [0.5, 0.6) is 11.5 Å². The second-order valence-electron chi connectivity index (χ2n) is 9.13. The molecule has 1 aliphatic rings. The van der Waals surface area contributed by atoms with Gasteiger partial charge in [0, 0.05) is 11.3 Å². The molecule has 1 N–H and O–H groups in total. The van der Waals surface area contributed by atoms with Crippen molar-refractivity contribution in [3.63, 3.8) is 0 Å². The molecule has 1 heterocycles. The minimum Gasteiger partial charge on any atom is -0.507 e. The third-order valence-electron chi connectivity index (χ3n) is 5.93. The zero-order valence-electron chi connectivity index (χ0n) is 20.6. The lowest BCUT2D eigenvalue weighted by Crippen LogP contribution is -2.29. The molecule has 0 aliphatic carbocycles. The van der Waals surface area contributed by atoms with E-state index in [0.717, 1.165) is 5.56 Å². The summed E-state index contributed by atoms with van der Waals surface area (Å²) in [5.74, 6) is -0.402. The van der Waals surface area contributed by atoms with Crippen LogP contribution in [0.15, 0.2) is 72.3 Å². The maximum atomic E-state index is 13.4. The maximum Gasteiger partial charge on any atom is 0.300 e. The third kappa shape index (κ3) is 4.95. The number of methoxy groups -OCH3 is 1. The number of benzene rings is 3. The Morgan fingerprint density at radius 3 is 2.42 bits per heavy atom. The first kappa shape index (κ1) is 25.3. The molecule has 3 aromatic carbocycles. The van der Waals surface area contributed by atoms with Gasteiger partial charge in [0.15, 0.2) is 0 Å². The molecular weight excluding hydrogens is 478 g/mol. The Kier molecular flexibility index (Phi) is 7.36. The molecule has 1 fully saturated rings. The number of Topliss-reactive ketones (excluding diaryl/α,β-unsaturated/α-hetero) is 1. The van der Waals surface area contributed by atoms with E-state index in [9.17, 15) is 14.7 Å². The molecule has 0 radical (unpaired) electrons. The Morgan fingerprint density at radius 2 is 1.78 bits per heavy atom. The van der Waals surface area contributed by atoms with Gasteiger partial charge >= 0.3 is 0 Å².